The van der Waals surface area contributed by atoms with Crippen molar-refractivity contribution in [2.45, 2.75) is 0 Å². The summed E-state index contributed by atoms with van der Waals surface area (Å²) in [6.07, 6.45) is 1.45. The lowest BCUT2D eigenvalue weighted by atomic mass is 10.2. The summed E-state index contributed by atoms with van der Waals surface area (Å²) in [5.41, 5.74) is 3.44. The molecule has 0 saturated carbocycles. The minimum Gasteiger partial charge on any atom is -0.496 e. The van der Waals surface area contributed by atoms with Crippen molar-refractivity contribution >= 4 is 51.1 Å². The number of hydrazone groups is 1. The van der Waals surface area contributed by atoms with Crippen molar-refractivity contribution in [2.24, 2.45) is 5.10 Å². The van der Waals surface area contributed by atoms with E-state index < -0.39 is 11.9 Å². The largest absolute Gasteiger partial charge is 0.496 e. The van der Waals surface area contributed by atoms with Gasteiger partial charge in [-0.25, -0.2) is 10.2 Å². The van der Waals surface area contributed by atoms with E-state index in [1.54, 1.807) is 42.5 Å². The fourth-order valence-corrected chi connectivity index (χ4v) is 4.58. The lowest BCUT2D eigenvalue weighted by molar-refractivity contribution is 0.0734. The van der Waals surface area contributed by atoms with E-state index in [1.807, 2.05) is 24.3 Å². The highest BCUT2D eigenvalue weighted by Gasteiger charge is 2.20. The number of thiophene rings is 1. The number of carbonyl (C=O) groups excluding carboxylic acids is 2. The fourth-order valence-electron chi connectivity index (χ4n) is 3.20. The van der Waals surface area contributed by atoms with Crippen LogP contribution in [0.25, 0.3) is 10.1 Å². The second-order valence-corrected chi connectivity index (χ2v) is 8.37. The van der Waals surface area contributed by atoms with Crippen LogP contribution >= 0.6 is 22.9 Å². The average molecular weight is 495 g/mol. The molecule has 0 unspecified atom stereocenters. The summed E-state index contributed by atoms with van der Waals surface area (Å²) in [6.45, 7) is 0. The lowest BCUT2D eigenvalue weighted by Gasteiger charge is -2.09. The summed E-state index contributed by atoms with van der Waals surface area (Å²) < 4.78 is 17.0. The van der Waals surface area contributed by atoms with E-state index in [1.165, 1.54) is 31.8 Å². The number of nitrogens with one attached hydrogen (secondary N) is 1. The number of halogens is 1. The first-order valence-corrected chi connectivity index (χ1v) is 11.2. The molecule has 1 amide bonds. The molecule has 34 heavy (non-hydrogen) atoms. The highest BCUT2D eigenvalue weighted by atomic mass is 35.5. The first-order valence-electron chi connectivity index (χ1n) is 10.1. The third-order valence-corrected chi connectivity index (χ3v) is 6.50. The zero-order chi connectivity index (χ0) is 24.1. The molecule has 0 spiro atoms. The maximum absolute atomic E-state index is 12.8. The van der Waals surface area contributed by atoms with Crippen LogP contribution < -0.4 is 19.6 Å². The van der Waals surface area contributed by atoms with E-state index in [0.717, 1.165) is 10.1 Å². The number of hydrogen-bond donors (Lipinski definition) is 1. The number of carbonyl (C=O) groups is 2. The summed E-state index contributed by atoms with van der Waals surface area (Å²) in [5, 5.41) is 5.14. The zero-order valence-corrected chi connectivity index (χ0v) is 19.8. The number of fused-ring (bicyclic) bond motifs is 1. The predicted octanol–water partition coefficient (Wildman–Crippen LogP) is 5.56. The second kappa shape index (κ2) is 10.4. The highest BCUT2D eigenvalue weighted by Crippen LogP contribution is 2.37. The maximum Gasteiger partial charge on any atom is 0.355 e. The van der Waals surface area contributed by atoms with Gasteiger partial charge in [-0.3, -0.25) is 4.79 Å². The van der Waals surface area contributed by atoms with Crippen molar-refractivity contribution < 1.29 is 23.8 Å². The fraction of sp³-hybridized carbons (Fsp3) is 0.0800. The molecule has 0 aliphatic rings. The minimum absolute atomic E-state index is 0.233. The Balaban J connectivity index is 1.47. The number of nitrogens with zero attached hydrogens (tertiary/aromatic N) is 1. The van der Waals surface area contributed by atoms with Crippen molar-refractivity contribution in [1.29, 1.82) is 0 Å². The molecule has 0 bridgehead atoms. The molecule has 4 rings (SSSR count). The van der Waals surface area contributed by atoms with E-state index in [9.17, 15) is 9.59 Å². The number of ether oxygens (including phenoxy) is 3. The van der Waals surface area contributed by atoms with Crippen LogP contribution in [0, 0.1) is 0 Å². The lowest BCUT2D eigenvalue weighted by Crippen LogP contribution is -2.18. The standard InChI is InChI=1S/C25H19ClN2O5S/c1-31-18-9-5-3-7-16(18)24(29)28-27-14-15-11-12-19(20(13-15)32-2)33-25(30)23-22(26)17-8-4-6-10-21(17)34-23/h3-14H,1-2H3,(H,28,29)/b27-14+. The molecule has 172 valence electrons. The normalized spacial score (nSPS) is 10.9. The number of hydrogen-bond acceptors (Lipinski definition) is 7. The Labute approximate surface area is 204 Å². The zero-order valence-electron chi connectivity index (χ0n) is 18.2. The van der Waals surface area contributed by atoms with E-state index >= 15 is 0 Å². The average Bonchev–Trinajstić information content (AvgIpc) is 3.21. The Kier molecular flexibility index (Phi) is 7.10. The van der Waals surface area contributed by atoms with Crippen LogP contribution in [0.4, 0.5) is 0 Å². The Morgan fingerprint density at radius 2 is 1.68 bits per heavy atom. The molecule has 1 heterocycles. The molecular weight excluding hydrogens is 476 g/mol. The molecule has 1 aromatic heterocycles. The van der Waals surface area contributed by atoms with Crippen LogP contribution in [0.3, 0.4) is 0 Å². The van der Waals surface area contributed by atoms with Crippen molar-refractivity contribution in [1.82, 2.24) is 5.43 Å². The van der Waals surface area contributed by atoms with E-state index in [0.29, 0.717) is 32.5 Å². The second-order valence-electron chi connectivity index (χ2n) is 6.94. The van der Waals surface area contributed by atoms with Gasteiger partial charge in [-0.15, -0.1) is 11.3 Å². The Bertz CT molecular complexity index is 1400. The molecule has 0 aliphatic heterocycles. The van der Waals surface area contributed by atoms with Gasteiger partial charge >= 0.3 is 5.97 Å². The number of benzene rings is 3. The summed E-state index contributed by atoms with van der Waals surface area (Å²) in [4.78, 5) is 25.4. The predicted molar refractivity (Wildman–Crippen MR) is 133 cm³/mol. The molecule has 0 saturated heterocycles. The Morgan fingerprint density at radius 1 is 0.941 bits per heavy atom. The summed E-state index contributed by atoms with van der Waals surface area (Å²) in [7, 11) is 2.95. The highest BCUT2D eigenvalue weighted by molar-refractivity contribution is 7.21. The summed E-state index contributed by atoms with van der Waals surface area (Å²) in [5.74, 6) is 0.0185. The van der Waals surface area contributed by atoms with Gasteiger partial charge in [-0.05, 0) is 42.0 Å². The van der Waals surface area contributed by atoms with Gasteiger partial charge in [0.15, 0.2) is 11.5 Å². The Morgan fingerprint density at radius 3 is 2.44 bits per heavy atom. The van der Waals surface area contributed by atoms with Gasteiger partial charge in [0.25, 0.3) is 5.91 Å². The van der Waals surface area contributed by atoms with Crippen molar-refractivity contribution in [3.05, 3.63) is 87.8 Å². The third kappa shape index (κ3) is 4.88. The molecular formula is C25H19ClN2O5S. The van der Waals surface area contributed by atoms with Crippen molar-refractivity contribution in [2.75, 3.05) is 14.2 Å². The van der Waals surface area contributed by atoms with Gasteiger partial charge in [0.2, 0.25) is 0 Å². The summed E-state index contributed by atoms with van der Waals surface area (Å²) >= 11 is 7.65. The van der Waals surface area contributed by atoms with Crippen LogP contribution in [0.15, 0.2) is 71.8 Å². The first kappa shape index (κ1) is 23.3. The van der Waals surface area contributed by atoms with E-state index in [2.05, 4.69) is 10.5 Å². The molecule has 0 radical (unpaired) electrons. The van der Waals surface area contributed by atoms with Crippen LogP contribution in [-0.4, -0.2) is 32.3 Å². The van der Waals surface area contributed by atoms with Crippen LogP contribution in [-0.2, 0) is 0 Å². The van der Waals surface area contributed by atoms with Crippen molar-refractivity contribution in [3.63, 3.8) is 0 Å². The van der Waals surface area contributed by atoms with E-state index in [-0.39, 0.29) is 5.75 Å². The monoisotopic (exact) mass is 494 g/mol. The molecule has 9 heteroatoms. The van der Waals surface area contributed by atoms with Crippen LogP contribution in [0.5, 0.6) is 17.2 Å². The quantitative estimate of drug-likeness (QED) is 0.157. The Hall–Kier alpha value is -3.88. The number of methoxy groups -OCH3 is 2. The van der Waals surface area contributed by atoms with Crippen molar-refractivity contribution in [3.8, 4) is 17.2 Å². The SMILES string of the molecule is COc1cc(/C=N/NC(=O)c2ccccc2OC)ccc1OC(=O)c1sc2ccccc2c1Cl. The van der Waals surface area contributed by atoms with Crippen LogP contribution in [0.2, 0.25) is 5.02 Å². The smallest absolute Gasteiger partial charge is 0.355 e. The molecule has 4 aromatic rings. The molecule has 1 N–H and O–H groups in total. The summed E-state index contributed by atoms with van der Waals surface area (Å²) in [6, 6.07) is 19.2. The van der Waals surface area contributed by atoms with Gasteiger partial charge < -0.3 is 14.2 Å². The van der Waals surface area contributed by atoms with Gasteiger partial charge in [0.05, 0.1) is 31.0 Å². The molecule has 0 aliphatic carbocycles. The third-order valence-electron chi connectivity index (χ3n) is 4.84. The van der Waals surface area contributed by atoms with Gasteiger partial charge in [0.1, 0.15) is 10.6 Å². The minimum atomic E-state index is -0.574. The number of rotatable bonds is 7. The number of esters is 1. The van der Waals surface area contributed by atoms with Gasteiger partial charge in [-0.1, -0.05) is 41.9 Å². The number of para-hydroxylation sites is 1. The molecule has 0 fully saturated rings. The number of amides is 1. The maximum atomic E-state index is 12.8. The topological polar surface area (TPSA) is 86.2 Å². The van der Waals surface area contributed by atoms with E-state index in [4.69, 9.17) is 25.8 Å². The molecule has 0 atom stereocenters. The van der Waals surface area contributed by atoms with Crippen LogP contribution in [0.1, 0.15) is 25.6 Å². The first-order chi connectivity index (χ1) is 16.5. The molecule has 3 aromatic carbocycles. The van der Waals surface area contributed by atoms with Gasteiger partial charge in [0, 0.05) is 10.1 Å². The van der Waals surface area contributed by atoms with Gasteiger partial charge in [-0.2, -0.15) is 5.10 Å². The molecule has 7 nitrogen and oxygen atoms in total.